The number of hydrogen-bond acceptors (Lipinski definition) is 8. The standard InChI is InChI=1S/C16H31N5O7/c1-8(19-14(25)10(18)7-22)13(24)20-11(5-3-4-6-17)15(26)21-12(9(2)23)16(27)28/h8-12,22-23H,3-7,17-18H2,1-2H3,(H,19,25)(H,20,24)(H,21,26)(H,27,28). The second-order valence-corrected chi connectivity index (χ2v) is 6.43. The number of rotatable bonds is 13. The zero-order chi connectivity index (χ0) is 21.9. The zero-order valence-electron chi connectivity index (χ0n) is 16.1. The molecule has 0 aliphatic rings. The van der Waals surface area contributed by atoms with Gasteiger partial charge in [-0.2, -0.15) is 0 Å². The fourth-order valence-electron chi connectivity index (χ4n) is 2.17. The first-order valence-corrected chi connectivity index (χ1v) is 8.93. The van der Waals surface area contributed by atoms with Gasteiger partial charge in [0.25, 0.3) is 0 Å². The van der Waals surface area contributed by atoms with E-state index in [1.165, 1.54) is 13.8 Å². The molecule has 0 aromatic heterocycles. The van der Waals surface area contributed by atoms with Crippen molar-refractivity contribution in [2.45, 2.75) is 63.4 Å². The Bertz CT molecular complexity index is 543. The maximum Gasteiger partial charge on any atom is 0.328 e. The van der Waals surface area contributed by atoms with Crippen LogP contribution in [0.4, 0.5) is 0 Å². The first kappa shape index (κ1) is 25.7. The minimum absolute atomic E-state index is 0.178. The van der Waals surface area contributed by atoms with Crippen molar-refractivity contribution in [1.82, 2.24) is 16.0 Å². The third-order valence-electron chi connectivity index (χ3n) is 3.91. The molecule has 0 saturated heterocycles. The number of carbonyl (C=O) groups excluding carboxylic acids is 3. The van der Waals surface area contributed by atoms with E-state index in [2.05, 4.69) is 16.0 Å². The summed E-state index contributed by atoms with van der Waals surface area (Å²) in [5, 5.41) is 34.3. The molecule has 0 fully saturated rings. The quantitative estimate of drug-likeness (QED) is 0.142. The lowest BCUT2D eigenvalue weighted by Gasteiger charge is -2.24. The lowest BCUT2D eigenvalue weighted by atomic mass is 10.1. The summed E-state index contributed by atoms with van der Waals surface area (Å²) in [4.78, 5) is 47.5. The van der Waals surface area contributed by atoms with E-state index in [-0.39, 0.29) is 6.42 Å². The Hall–Kier alpha value is -2.28. The van der Waals surface area contributed by atoms with Gasteiger partial charge in [0, 0.05) is 0 Å². The van der Waals surface area contributed by atoms with E-state index >= 15 is 0 Å². The van der Waals surface area contributed by atoms with E-state index in [0.29, 0.717) is 19.4 Å². The van der Waals surface area contributed by atoms with Gasteiger partial charge in [-0.3, -0.25) is 14.4 Å². The van der Waals surface area contributed by atoms with Gasteiger partial charge in [0.05, 0.1) is 12.7 Å². The number of unbranched alkanes of at least 4 members (excludes halogenated alkanes) is 1. The molecule has 5 atom stereocenters. The van der Waals surface area contributed by atoms with Crippen LogP contribution in [0.1, 0.15) is 33.1 Å². The van der Waals surface area contributed by atoms with Crippen LogP contribution in [-0.2, 0) is 19.2 Å². The Morgan fingerprint density at radius 3 is 2.04 bits per heavy atom. The van der Waals surface area contributed by atoms with E-state index in [0.717, 1.165) is 0 Å². The van der Waals surface area contributed by atoms with E-state index in [4.69, 9.17) is 21.7 Å². The number of hydrogen-bond donors (Lipinski definition) is 8. The molecule has 0 rings (SSSR count). The van der Waals surface area contributed by atoms with Crippen LogP contribution < -0.4 is 27.4 Å². The van der Waals surface area contributed by atoms with Gasteiger partial charge in [-0.1, -0.05) is 0 Å². The van der Waals surface area contributed by atoms with Gasteiger partial charge < -0.3 is 42.7 Å². The van der Waals surface area contributed by atoms with Crippen molar-refractivity contribution in [3.8, 4) is 0 Å². The van der Waals surface area contributed by atoms with Gasteiger partial charge in [-0.25, -0.2) is 4.79 Å². The minimum Gasteiger partial charge on any atom is -0.480 e. The number of aliphatic hydroxyl groups is 2. The highest BCUT2D eigenvalue weighted by atomic mass is 16.4. The third kappa shape index (κ3) is 9.08. The van der Waals surface area contributed by atoms with Crippen molar-refractivity contribution in [1.29, 1.82) is 0 Å². The minimum atomic E-state index is -1.54. The van der Waals surface area contributed by atoms with Gasteiger partial charge in [-0.05, 0) is 39.7 Å². The van der Waals surface area contributed by atoms with Gasteiger partial charge in [0.2, 0.25) is 17.7 Å². The number of nitrogens with two attached hydrogens (primary N) is 2. The highest BCUT2D eigenvalue weighted by molar-refractivity contribution is 5.93. The van der Waals surface area contributed by atoms with Crippen LogP contribution in [0, 0.1) is 0 Å². The summed E-state index contributed by atoms with van der Waals surface area (Å²) in [7, 11) is 0. The molecule has 28 heavy (non-hydrogen) atoms. The Morgan fingerprint density at radius 1 is 0.964 bits per heavy atom. The Balaban J connectivity index is 5.07. The van der Waals surface area contributed by atoms with E-state index in [1.54, 1.807) is 0 Å². The van der Waals surface area contributed by atoms with Crippen LogP contribution in [0.15, 0.2) is 0 Å². The Morgan fingerprint density at radius 2 is 1.57 bits per heavy atom. The molecule has 12 nitrogen and oxygen atoms in total. The molecule has 0 aliphatic carbocycles. The average Bonchev–Trinajstić information content (AvgIpc) is 2.63. The van der Waals surface area contributed by atoms with Crippen LogP contribution in [0.5, 0.6) is 0 Å². The normalized spacial score (nSPS) is 16.2. The largest absolute Gasteiger partial charge is 0.480 e. The maximum absolute atomic E-state index is 12.4. The number of nitrogens with one attached hydrogen (secondary N) is 3. The van der Waals surface area contributed by atoms with Crippen LogP contribution >= 0.6 is 0 Å². The predicted molar refractivity (Wildman–Crippen MR) is 98.7 cm³/mol. The van der Waals surface area contributed by atoms with E-state index in [1.807, 2.05) is 0 Å². The number of carboxylic acids is 1. The SMILES string of the molecule is CC(NC(=O)C(N)CO)C(=O)NC(CCCCN)C(=O)NC(C(=O)O)C(C)O. The molecule has 12 heteroatoms. The molecule has 10 N–H and O–H groups in total. The summed E-state index contributed by atoms with van der Waals surface area (Å²) in [6.45, 7) is 2.35. The van der Waals surface area contributed by atoms with Crippen molar-refractivity contribution in [2.75, 3.05) is 13.2 Å². The highest BCUT2D eigenvalue weighted by Crippen LogP contribution is 2.04. The molecule has 5 unspecified atom stereocenters. The van der Waals surface area contributed by atoms with E-state index in [9.17, 15) is 24.3 Å². The molecule has 0 heterocycles. The van der Waals surface area contributed by atoms with Crippen molar-refractivity contribution < 1.29 is 34.5 Å². The van der Waals surface area contributed by atoms with Gasteiger partial charge in [0.15, 0.2) is 6.04 Å². The second-order valence-electron chi connectivity index (χ2n) is 6.43. The smallest absolute Gasteiger partial charge is 0.328 e. The number of aliphatic carboxylic acids is 1. The average molecular weight is 405 g/mol. The van der Waals surface area contributed by atoms with Crippen molar-refractivity contribution in [2.24, 2.45) is 11.5 Å². The monoisotopic (exact) mass is 405 g/mol. The fraction of sp³-hybridized carbons (Fsp3) is 0.750. The molecule has 0 aromatic carbocycles. The summed E-state index contributed by atoms with van der Waals surface area (Å²) in [6, 6.07) is -4.88. The van der Waals surface area contributed by atoms with Crippen LogP contribution in [0.3, 0.4) is 0 Å². The molecule has 0 bridgehead atoms. The van der Waals surface area contributed by atoms with Crippen LogP contribution in [-0.4, -0.2) is 82.4 Å². The van der Waals surface area contributed by atoms with Gasteiger partial charge in [-0.15, -0.1) is 0 Å². The predicted octanol–water partition coefficient (Wildman–Crippen LogP) is -3.63. The summed E-state index contributed by atoms with van der Waals surface area (Å²) in [5.41, 5.74) is 10.8. The Kier molecular flexibility index (Phi) is 11.9. The lowest BCUT2D eigenvalue weighted by molar-refractivity contribution is -0.145. The fourth-order valence-corrected chi connectivity index (χ4v) is 2.17. The zero-order valence-corrected chi connectivity index (χ0v) is 16.1. The molecular formula is C16H31N5O7. The first-order valence-electron chi connectivity index (χ1n) is 8.93. The molecule has 0 saturated carbocycles. The summed E-state index contributed by atoms with van der Waals surface area (Å²) in [5.74, 6) is -3.65. The van der Waals surface area contributed by atoms with Crippen molar-refractivity contribution in [3.63, 3.8) is 0 Å². The molecule has 0 spiro atoms. The molecule has 0 aromatic rings. The van der Waals surface area contributed by atoms with Crippen molar-refractivity contribution >= 4 is 23.7 Å². The maximum atomic E-state index is 12.4. The molecule has 0 radical (unpaired) electrons. The number of carboxylic acid groups (broad SMARTS) is 1. The summed E-state index contributed by atoms with van der Waals surface area (Å²) in [6.07, 6.45) is -0.106. The second kappa shape index (κ2) is 13.0. The van der Waals surface area contributed by atoms with E-state index < -0.39 is 60.6 Å². The van der Waals surface area contributed by atoms with Gasteiger partial charge >= 0.3 is 5.97 Å². The number of carbonyl (C=O) groups is 4. The molecule has 0 aliphatic heterocycles. The molecule has 3 amide bonds. The van der Waals surface area contributed by atoms with Crippen molar-refractivity contribution in [3.05, 3.63) is 0 Å². The topological polar surface area (TPSA) is 217 Å². The third-order valence-corrected chi connectivity index (χ3v) is 3.91. The number of aliphatic hydroxyl groups excluding tert-OH is 2. The summed E-state index contributed by atoms with van der Waals surface area (Å²) >= 11 is 0. The summed E-state index contributed by atoms with van der Waals surface area (Å²) < 4.78 is 0. The Labute approximate surface area is 163 Å². The molecule has 162 valence electrons. The van der Waals surface area contributed by atoms with Crippen LogP contribution in [0.25, 0.3) is 0 Å². The van der Waals surface area contributed by atoms with Crippen LogP contribution in [0.2, 0.25) is 0 Å². The highest BCUT2D eigenvalue weighted by Gasteiger charge is 2.30. The van der Waals surface area contributed by atoms with Gasteiger partial charge in [0.1, 0.15) is 18.1 Å². The lowest BCUT2D eigenvalue weighted by Crippen LogP contribution is -2.57. The molecular weight excluding hydrogens is 374 g/mol. The first-order chi connectivity index (χ1) is 13.0. The number of amides is 3.